The van der Waals surface area contributed by atoms with Crippen LogP contribution < -0.4 is 14.8 Å². The summed E-state index contributed by atoms with van der Waals surface area (Å²) in [5.74, 6) is -0.176. The summed E-state index contributed by atoms with van der Waals surface area (Å²) in [6, 6.07) is 16.2. The van der Waals surface area contributed by atoms with E-state index in [9.17, 15) is 9.59 Å². The smallest absolute Gasteiger partial charge is 0.266 e. The van der Waals surface area contributed by atoms with Gasteiger partial charge in [0.2, 0.25) is 0 Å². The van der Waals surface area contributed by atoms with E-state index < -0.39 is 0 Å². The molecule has 0 amide bonds. The number of Topliss-reactive ketones (excluding diaryl/α,β-unsaturated/α-hetero) is 1. The largest absolute Gasteiger partial charge is 0.313 e. The van der Waals surface area contributed by atoms with Gasteiger partial charge in [-0.1, -0.05) is 41.9 Å². The van der Waals surface area contributed by atoms with Gasteiger partial charge in [-0.25, -0.2) is 0 Å². The lowest BCUT2D eigenvalue weighted by molar-refractivity contribution is 0.106. The summed E-state index contributed by atoms with van der Waals surface area (Å²) in [6.45, 7) is 0. The molecule has 3 nitrogen and oxygen atoms in total. The van der Waals surface area contributed by atoms with Crippen LogP contribution >= 0.6 is 22.9 Å². The Morgan fingerprint density at radius 1 is 1.04 bits per heavy atom. The van der Waals surface area contributed by atoms with Crippen molar-refractivity contribution in [3.63, 3.8) is 0 Å². The average Bonchev–Trinajstić information content (AvgIpc) is 2.88. The molecule has 0 bridgehead atoms. The van der Waals surface area contributed by atoms with Gasteiger partial charge in [-0.05, 0) is 35.9 Å². The van der Waals surface area contributed by atoms with Gasteiger partial charge in [0.1, 0.15) is 0 Å². The lowest BCUT2D eigenvalue weighted by atomic mass is 10.1. The number of halogens is 1. The van der Waals surface area contributed by atoms with Crippen LogP contribution in [-0.2, 0) is 0 Å². The highest BCUT2D eigenvalue weighted by atomic mass is 35.5. The molecule has 3 aromatic rings. The molecule has 3 rings (SSSR count). The van der Waals surface area contributed by atoms with Crippen LogP contribution in [0.5, 0.6) is 0 Å². The number of carbonyl (C=O) groups excluding carboxylic acids is 1. The highest BCUT2D eigenvalue weighted by Gasteiger charge is 2.03. The molecule has 0 atom stereocenters. The van der Waals surface area contributed by atoms with E-state index in [-0.39, 0.29) is 11.3 Å². The summed E-state index contributed by atoms with van der Waals surface area (Å²) < 4.78 is 1.09. The summed E-state index contributed by atoms with van der Waals surface area (Å²) in [5, 5.41) is 0.575. The molecule has 0 radical (unpaired) electrons. The predicted octanol–water partition coefficient (Wildman–Crippen LogP) is 2.58. The highest BCUT2D eigenvalue weighted by molar-refractivity contribution is 7.07. The first-order chi connectivity index (χ1) is 11.1. The van der Waals surface area contributed by atoms with Crippen molar-refractivity contribution in [2.24, 2.45) is 0 Å². The maximum absolute atomic E-state index is 12.2. The molecule has 0 unspecified atom stereocenters. The van der Waals surface area contributed by atoms with Crippen molar-refractivity contribution >= 4 is 40.9 Å². The zero-order chi connectivity index (χ0) is 16.2. The topological polar surface area (TPSA) is 49.9 Å². The zero-order valence-electron chi connectivity index (χ0n) is 12.0. The van der Waals surface area contributed by atoms with Gasteiger partial charge in [0.25, 0.3) is 5.56 Å². The van der Waals surface area contributed by atoms with Gasteiger partial charge in [0, 0.05) is 16.7 Å². The molecule has 0 spiro atoms. The SMILES string of the molecule is O=C(/C=c1/[nH]c(=O)/c(=C/c2ccccc2)s1)c1ccc(Cl)cc1. The molecular formula is C18H12ClNO2S. The minimum absolute atomic E-state index is 0.176. The van der Waals surface area contributed by atoms with E-state index >= 15 is 0 Å². The molecule has 1 N–H and O–H groups in total. The van der Waals surface area contributed by atoms with Gasteiger partial charge in [-0.3, -0.25) is 9.59 Å². The number of hydrogen-bond acceptors (Lipinski definition) is 3. The van der Waals surface area contributed by atoms with Crippen LogP contribution in [0.25, 0.3) is 12.2 Å². The van der Waals surface area contributed by atoms with E-state index in [4.69, 9.17) is 11.6 Å². The van der Waals surface area contributed by atoms with Crippen LogP contribution in [0.3, 0.4) is 0 Å². The first-order valence-corrected chi connectivity index (χ1v) is 8.09. The number of carbonyl (C=O) groups is 1. The molecule has 114 valence electrons. The summed E-state index contributed by atoms with van der Waals surface area (Å²) >= 11 is 7.06. The normalized spacial score (nSPS) is 12.6. The van der Waals surface area contributed by atoms with E-state index in [1.165, 1.54) is 17.4 Å². The van der Waals surface area contributed by atoms with E-state index in [0.717, 1.165) is 5.56 Å². The lowest BCUT2D eigenvalue weighted by Crippen LogP contribution is -2.19. The summed E-state index contributed by atoms with van der Waals surface area (Å²) in [6.07, 6.45) is 3.23. The Morgan fingerprint density at radius 2 is 1.74 bits per heavy atom. The van der Waals surface area contributed by atoms with Crippen molar-refractivity contribution in [3.05, 3.63) is 90.3 Å². The van der Waals surface area contributed by atoms with E-state index in [2.05, 4.69) is 4.98 Å². The predicted molar refractivity (Wildman–Crippen MR) is 94.4 cm³/mol. The fourth-order valence-corrected chi connectivity index (χ4v) is 3.05. The number of ketones is 1. The molecule has 0 saturated carbocycles. The Balaban J connectivity index is 1.97. The molecule has 1 aromatic heterocycles. The van der Waals surface area contributed by atoms with Gasteiger partial charge in [-0.2, -0.15) is 0 Å². The van der Waals surface area contributed by atoms with Crippen molar-refractivity contribution in [2.45, 2.75) is 0 Å². The zero-order valence-corrected chi connectivity index (χ0v) is 13.5. The third-order valence-electron chi connectivity index (χ3n) is 3.17. The number of nitrogens with one attached hydrogen (secondary N) is 1. The Bertz CT molecular complexity index is 1000. The van der Waals surface area contributed by atoms with Gasteiger partial charge in [-0.15, -0.1) is 11.3 Å². The fourth-order valence-electron chi connectivity index (χ4n) is 2.04. The standard InChI is InChI=1S/C18H12ClNO2S/c19-14-8-6-13(7-9-14)15(21)11-17-20-18(22)16(23-17)10-12-4-2-1-3-5-12/h1-11H,(H,20,22)/b16-10-,17-11-. The molecule has 1 heterocycles. The van der Waals surface area contributed by atoms with Crippen LogP contribution in [0.1, 0.15) is 15.9 Å². The Labute approximate surface area is 141 Å². The van der Waals surface area contributed by atoms with Crippen LogP contribution in [0.2, 0.25) is 5.02 Å². The number of benzene rings is 2. The second-order valence-corrected chi connectivity index (χ2v) is 6.38. The van der Waals surface area contributed by atoms with Crippen LogP contribution in [0, 0.1) is 0 Å². The fraction of sp³-hybridized carbons (Fsp3) is 0. The average molecular weight is 342 g/mol. The Kier molecular flexibility index (Phi) is 4.55. The molecule has 0 saturated heterocycles. The lowest BCUT2D eigenvalue weighted by Gasteiger charge is -1.94. The van der Waals surface area contributed by atoms with E-state index in [0.29, 0.717) is 19.8 Å². The van der Waals surface area contributed by atoms with Crippen molar-refractivity contribution in [2.75, 3.05) is 0 Å². The number of rotatable bonds is 3. The molecular weight excluding hydrogens is 330 g/mol. The Hall–Kier alpha value is -2.43. The third-order valence-corrected chi connectivity index (χ3v) is 4.38. The van der Waals surface area contributed by atoms with Crippen molar-refractivity contribution in [1.82, 2.24) is 4.98 Å². The van der Waals surface area contributed by atoms with E-state index in [1.54, 1.807) is 30.3 Å². The van der Waals surface area contributed by atoms with Gasteiger partial charge < -0.3 is 4.98 Å². The van der Waals surface area contributed by atoms with E-state index in [1.807, 2.05) is 30.3 Å². The first kappa shape index (κ1) is 15.5. The number of aromatic nitrogens is 1. The number of thiazole rings is 1. The number of hydrogen-bond donors (Lipinski definition) is 1. The van der Waals surface area contributed by atoms with Crippen molar-refractivity contribution in [1.29, 1.82) is 0 Å². The molecule has 0 aliphatic carbocycles. The summed E-state index contributed by atoms with van der Waals surface area (Å²) in [7, 11) is 0. The second kappa shape index (κ2) is 6.77. The number of aromatic amines is 1. The Morgan fingerprint density at radius 3 is 2.43 bits per heavy atom. The first-order valence-electron chi connectivity index (χ1n) is 6.89. The van der Waals surface area contributed by atoms with Crippen LogP contribution in [0.4, 0.5) is 0 Å². The molecule has 0 aliphatic heterocycles. The molecule has 5 heteroatoms. The van der Waals surface area contributed by atoms with Gasteiger partial charge in [0.15, 0.2) is 5.78 Å². The molecule has 23 heavy (non-hydrogen) atoms. The highest BCUT2D eigenvalue weighted by Crippen LogP contribution is 2.10. The van der Waals surface area contributed by atoms with Crippen LogP contribution in [-0.4, -0.2) is 10.8 Å². The molecule has 2 aromatic carbocycles. The maximum Gasteiger partial charge on any atom is 0.266 e. The maximum atomic E-state index is 12.2. The molecule has 0 fully saturated rings. The van der Waals surface area contributed by atoms with Crippen molar-refractivity contribution in [3.8, 4) is 0 Å². The monoisotopic (exact) mass is 341 g/mol. The third kappa shape index (κ3) is 3.86. The second-order valence-electron chi connectivity index (χ2n) is 4.86. The van der Waals surface area contributed by atoms with Gasteiger partial charge in [0.05, 0.1) is 9.20 Å². The molecule has 0 aliphatic rings. The summed E-state index contributed by atoms with van der Waals surface area (Å²) in [5.41, 5.74) is 1.27. The quantitative estimate of drug-likeness (QED) is 0.744. The summed E-state index contributed by atoms with van der Waals surface area (Å²) in [4.78, 5) is 26.9. The van der Waals surface area contributed by atoms with Crippen molar-refractivity contribution < 1.29 is 4.79 Å². The van der Waals surface area contributed by atoms with Gasteiger partial charge >= 0.3 is 0 Å². The minimum atomic E-state index is -0.200. The number of H-pyrrole nitrogens is 1. The minimum Gasteiger partial charge on any atom is -0.313 e. The van der Waals surface area contributed by atoms with Crippen LogP contribution in [0.15, 0.2) is 59.4 Å².